The highest BCUT2D eigenvalue weighted by Crippen LogP contribution is 2.45. The third-order valence-corrected chi connectivity index (χ3v) is 10.6. The summed E-state index contributed by atoms with van der Waals surface area (Å²) >= 11 is 1.59. The van der Waals surface area contributed by atoms with Crippen LogP contribution in [-0.4, -0.2) is 42.5 Å². The monoisotopic (exact) mass is 636 g/mol. The standard InChI is InChI=1S/C36H36N4O5S/c1-19-13-21(18-37)4-7-28(19)39-34(41)26-16-27-31(45-11-9-22-10-12-46-33(22)27)17-25(26)24-6-8-29(38-32(24)36(43)44-2)35(42)40-30-15-20-3-5-23(30)14-20/h4,6-8,10,12-13,16-17,20,23,30H,3,5,9,11,14-15,18,37H2,1-2H3,(H,39,41)(H,40,42)/t20-,23+,30+/m1/s1. The molecule has 3 atom stereocenters. The van der Waals surface area contributed by atoms with Gasteiger partial charge in [0.05, 0.1) is 13.7 Å². The number of benzene rings is 2. The summed E-state index contributed by atoms with van der Waals surface area (Å²) in [7, 11) is 1.27. The Balaban J connectivity index is 1.32. The minimum Gasteiger partial charge on any atom is -0.493 e. The molecule has 2 aromatic carbocycles. The molecule has 0 spiro atoms. The van der Waals surface area contributed by atoms with Crippen molar-refractivity contribution in [1.29, 1.82) is 0 Å². The number of carbonyl (C=O) groups excluding carboxylic acids is 3. The number of thiophene rings is 1. The summed E-state index contributed by atoms with van der Waals surface area (Å²) in [6.07, 6.45) is 5.22. The second-order valence-electron chi connectivity index (χ2n) is 12.4. The minimum absolute atomic E-state index is 0.0500. The Labute approximate surface area is 271 Å². The highest BCUT2D eigenvalue weighted by molar-refractivity contribution is 7.13. The molecule has 0 saturated heterocycles. The number of amides is 2. The molecule has 2 saturated carbocycles. The topological polar surface area (TPSA) is 133 Å². The zero-order chi connectivity index (χ0) is 31.9. The van der Waals surface area contributed by atoms with E-state index in [4.69, 9.17) is 15.2 Å². The van der Waals surface area contributed by atoms with E-state index in [9.17, 15) is 14.4 Å². The number of aryl methyl sites for hydroxylation is 1. The first-order valence-corrected chi connectivity index (χ1v) is 16.6. The number of pyridine rings is 1. The Morgan fingerprint density at radius 1 is 1.02 bits per heavy atom. The summed E-state index contributed by atoms with van der Waals surface area (Å²) in [6, 6.07) is 14.7. The quantitative estimate of drug-likeness (QED) is 0.208. The number of fused-ring (bicyclic) bond motifs is 5. The van der Waals surface area contributed by atoms with Gasteiger partial charge in [0.25, 0.3) is 11.8 Å². The van der Waals surface area contributed by atoms with Crippen molar-refractivity contribution in [1.82, 2.24) is 10.3 Å². The van der Waals surface area contributed by atoms with Crippen LogP contribution in [0.3, 0.4) is 0 Å². The van der Waals surface area contributed by atoms with E-state index in [2.05, 4.69) is 21.7 Å². The lowest BCUT2D eigenvalue weighted by atomic mass is 9.93. The molecule has 0 radical (unpaired) electrons. The van der Waals surface area contributed by atoms with Crippen LogP contribution >= 0.6 is 11.3 Å². The number of hydrogen-bond acceptors (Lipinski definition) is 8. The van der Waals surface area contributed by atoms with Crippen molar-refractivity contribution in [2.24, 2.45) is 17.6 Å². The van der Waals surface area contributed by atoms with Crippen LogP contribution in [0.25, 0.3) is 21.6 Å². The maximum Gasteiger partial charge on any atom is 0.357 e. The lowest BCUT2D eigenvalue weighted by molar-refractivity contribution is 0.0594. The van der Waals surface area contributed by atoms with Crippen LogP contribution < -0.4 is 21.1 Å². The van der Waals surface area contributed by atoms with Gasteiger partial charge in [-0.15, -0.1) is 11.3 Å². The number of hydrogen-bond donors (Lipinski definition) is 3. The van der Waals surface area contributed by atoms with Crippen LogP contribution in [0, 0.1) is 18.8 Å². The third kappa shape index (κ3) is 5.56. The molecular formula is C36H36N4O5S. The number of ether oxygens (including phenoxy) is 2. The smallest absolute Gasteiger partial charge is 0.357 e. The van der Waals surface area contributed by atoms with Crippen LogP contribution in [0.15, 0.2) is 53.9 Å². The van der Waals surface area contributed by atoms with Gasteiger partial charge in [-0.25, -0.2) is 9.78 Å². The maximum absolute atomic E-state index is 14.1. The molecule has 236 valence electrons. The van der Waals surface area contributed by atoms with Crippen LogP contribution in [0.1, 0.15) is 73.7 Å². The molecule has 9 nitrogen and oxygen atoms in total. The van der Waals surface area contributed by atoms with Crippen LogP contribution in [-0.2, 0) is 17.7 Å². The number of rotatable bonds is 7. The summed E-state index contributed by atoms with van der Waals surface area (Å²) in [6.45, 7) is 2.78. The first-order chi connectivity index (χ1) is 22.3. The largest absolute Gasteiger partial charge is 0.493 e. The van der Waals surface area contributed by atoms with Gasteiger partial charge in [0.15, 0.2) is 5.69 Å². The molecule has 46 heavy (non-hydrogen) atoms. The summed E-state index contributed by atoms with van der Waals surface area (Å²) < 4.78 is 11.3. The molecule has 7 rings (SSSR count). The van der Waals surface area contributed by atoms with Gasteiger partial charge in [0, 0.05) is 51.8 Å². The fourth-order valence-corrected chi connectivity index (χ4v) is 8.21. The molecule has 1 aliphatic heterocycles. The van der Waals surface area contributed by atoms with Crippen molar-refractivity contribution in [2.45, 2.75) is 51.6 Å². The van der Waals surface area contributed by atoms with Crippen molar-refractivity contribution in [2.75, 3.05) is 19.0 Å². The van der Waals surface area contributed by atoms with Gasteiger partial charge in [0.2, 0.25) is 0 Å². The summed E-state index contributed by atoms with van der Waals surface area (Å²) in [5.74, 6) is 0.374. The number of nitrogens with two attached hydrogens (primary N) is 1. The van der Waals surface area contributed by atoms with E-state index in [0.717, 1.165) is 52.8 Å². The summed E-state index contributed by atoms with van der Waals surface area (Å²) in [4.78, 5) is 46.3. The zero-order valence-electron chi connectivity index (χ0n) is 25.9. The second-order valence-corrected chi connectivity index (χ2v) is 13.3. The average Bonchev–Trinajstić information content (AvgIpc) is 3.80. The van der Waals surface area contributed by atoms with Crippen LogP contribution in [0.2, 0.25) is 0 Å². The number of nitrogens with one attached hydrogen (secondary N) is 2. The van der Waals surface area contributed by atoms with Gasteiger partial charge >= 0.3 is 5.97 Å². The number of aromatic nitrogens is 1. The van der Waals surface area contributed by atoms with E-state index in [1.807, 2.05) is 36.6 Å². The van der Waals surface area contributed by atoms with Crippen LogP contribution in [0.5, 0.6) is 5.75 Å². The summed E-state index contributed by atoms with van der Waals surface area (Å²) in [5.41, 5.74) is 11.5. The van der Waals surface area contributed by atoms with E-state index >= 15 is 0 Å². The van der Waals surface area contributed by atoms with Crippen molar-refractivity contribution < 1.29 is 23.9 Å². The molecule has 10 heteroatoms. The molecule has 3 aliphatic rings. The number of esters is 1. The molecule has 4 aromatic rings. The van der Waals surface area contributed by atoms with E-state index in [-0.39, 0.29) is 29.2 Å². The Bertz CT molecular complexity index is 1870. The van der Waals surface area contributed by atoms with Gasteiger partial charge in [-0.05, 0) is 96.5 Å². The van der Waals surface area contributed by atoms with E-state index in [1.54, 1.807) is 29.5 Å². The fraction of sp³-hybridized carbons (Fsp3) is 0.333. The lowest BCUT2D eigenvalue weighted by Gasteiger charge is -2.23. The van der Waals surface area contributed by atoms with Gasteiger partial charge in [-0.3, -0.25) is 9.59 Å². The molecule has 2 aliphatic carbocycles. The second kappa shape index (κ2) is 12.3. The van der Waals surface area contributed by atoms with Gasteiger partial charge in [-0.2, -0.15) is 0 Å². The lowest BCUT2D eigenvalue weighted by Crippen LogP contribution is -2.39. The number of nitrogens with zero attached hydrogens (tertiary/aromatic N) is 1. The molecule has 4 N–H and O–H groups in total. The molecular weight excluding hydrogens is 600 g/mol. The average molecular weight is 637 g/mol. The Morgan fingerprint density at radius 3 is 2.63 bits per heavy atom. The Kier molecular flexibility index (Phi) is 8.08. The molecule has 3 heterocycles. The fourth-order valence-electron chi connectivity index (χ4n) is 7.23. The van der Waals surface area contributed by atoms with Crippen molar-refractivity contribution in [3.63, 3.8) is 0 Å². The van der Waals surface area contributed by atoms with E-state index in [1.165, 1.54) is 13.5 Å². The number of carbonyl (C=O) groups is 3. The Hall–Kier alpha value is -4.54. The van der Waals surface area contributed by atoms with Crippen molar-refractivity contribution in [3.05, 3.63) is 87.6 Å². The van der Waals surface area contributed by atoms with Gasteiger partial charge in [-0.1, -0.05) is 18.6 Å². The third-order valence-electron chi connectivity index (χ3n) is 9.61. The first-order valence-electron chi connectivity index (χ1n) is 15.7. The molecule has 2 bridgehead atoms. The molecule has 2 amide bonds. The predicted molar refractivity (Wildman–Crippen MR) is 177 cm³/mol. The SMILES string of the molecule is COC(=O)c1nc(C(=O)N[C@H]2C[C@@H]3CC[C@H]2C3)ccc1-c1cc2c(cc1C(=O)Nc1ccc(CN)cc1C)-c1sccc1CCO2. The van der Waals surface area contributed by atoms with Gasteiger partial charge < -0.3 is 25.8 Å². The maximum atomic E-state index is 14.1. The van der Waals surface area contributed by atoms with Crippen LogP contribution in [0.4, 0.5) is 5.69 Å². The minimum atomic E-state index is -0.708. The van der Waals surface area contributed by atoms with Crippen molar-refractivity contribution >= 4 is 34.8 Å². The highest BCUT2D eigenvalue weighted by atomic mass is 32.1. The zero-order valence-corrected chi connectivity index (χ0v) is 26.7. The molecule has 2 fully saturated rings. The first kappa shape index (κ1) is 30.1. The van der Waals surface area contributed by atoms with Gasteiger partial charge in [0.1, 0.15) is 11.4 Å². The predicted octanol–water partition coefficient (Wildman–Crippen LogP) is 6.14. The number of anilines is 1. The van der Waals surface area contributed by atoms with E-state index < -0.39 is 5.97 Å². The van der Waals surface area contributed by atoms with E-state index in [0.29, 0.717) is 53.1 Å². The Morgan fingerprint density at radius 2 is 1.89 bits per heavy atom. The summed E-state index contributed by atoms with van der Waals surface area (Å²) in [5, 5.41) is 8.24. The molecule has 2 aromatic heterocycles. The highest BCUT2D eigenvalue weighted by Gasteiger charge is 2.40. The normalized spacial score (nSPS) is 19.4. The number of methoxy groups -OCH3 is 1. The molecule has 0 unspecified atom stereocenters. The van der Waals surface area contributed by atoms with Crippen molar-refractivity contribution in [3.8, 4) is 27.3 Å².